The predicted octanol–water partition coefficient (Wildman–Crippen LogP) is 3.02. The van der Waals surface area contributed by atoms with Gasteiger partial charge in [-0.15, -0.1) is 11.3 Å². The summed E-state index contributed by atoms with van der Waals surface area (Å²) in [6.45, 7) is -0.259. The predicted molar refractivity (Wildman–Crippen MR) is 101 cm³/mol. The van der Waals surface area contributed by atoms with Gasteiger partial charge in [0.25, 0.3) is 5.56 Å². The molecule has 0 saturated carbocycles. The number of nitrogens with one attached hydrogen (secondary N) is 1. The molecule has 0 radical (unpaired) electrons. The number of carbonyl (C=O) groups excluding carboxylic acids is 1. The van der Waals surface area contributed by atoms with Crippen LogP contribution in [0.25, 0.3) is 11.3 Å². The molecule has 2 aromatic heterocycles. The molecule has 138 valence electrons. The van der Waals surface area contributed by atoms with Crippen molar-refractivity contribution in [2.75, 3.05) is 5.32 Å². The number of hydrogen-bond donors (Lipinski definition) is 1. The summed E-state index contributed by atoms with van der Waals surface area (Å²) < 4.78 is 15.0. The van der Waals surface area contributed by atoms with E-state index >= 15 is 0 Å². The highest BCUT2D eigenvalue weighted by molar-refractivity contribution is 7.15. The molecule has 2 heterocycles. The average Bonchev–Trinajstić information content (AvgIpc) is 3.06. The highest BCUT2D eigenvalue weighted by Crippen LogP contribution is 2.29. The average molecular weight is 384 g/mol. The number of benzene rings is 1. The normalized spacial score (nSPS) is 13.2. The minimum Gasteiger partial charge on any atom is -0.300 e. The van der Waals surface area contributed by atoms with Crippen LogP contribution in [0, 0.1) is 5.82 Å². The fourth-order valence-corrected chi connectivity index (χ4v) is 4.14. The molecule has 6 nitrogen and oxygen atoms in total. The topological polar surface area (TPSA) is 76.9 Å². The van der Waals surface area contributed by atoms with Gasteiger partial charge in [0.15, 0.2) is 5.13 Å². The van der Waals surface area contributed by atoms with Crippen LogP contribution in [-0.2, 0) is 24.2 Å². The lowest BCUT2D eigenvalue weighted by Gasteiger charge is -2.07. The van der Waals surface area contributed by atoms with Crippen LogP contribution in [0.5, 0.6) is 0 Å². The molecule has 4 rings (SSSR count). The maximum Gasteiger partial charge on any atom is 0.267 e. The Labute approximate surface area is 158 Å². The van der Waals surface area contributed by atoms with Crippen LogP contribution < -0.4 is 10.9 Å². The summed E-state index contributed by atoms with van der Waals surface area (Å²) in [4.78, 5) is 30.1. The standard InChI is InChI=1S/C19H17FN4O2S/c20-13-6-2-1-5-12(13)14-9-10-18(26)24(23-14)11-17(25)22-19-21-15-7-3-4-8-16(15)27-19/h1-2,5-6,9-10H,3-4,7-8,11H2,(H,21,22,25). The fraction of sp³-hybridized carbons (Fsp3) is 0.263. The van der Waals surface area contributed by atoms with E-state index in [4.69, 9.17) is 0 Å². The molecule has 0 spiro atoms. The van der Waals surface area contributed by atoms with Crippen molar-refractivity contribution < 1.29 is 9.18 Å². The number of carbonyl (C=O) groups is 1. The number of amides is 1. The first-order chi connectivity index (χ1) is 13.1. The third-order valence-electron chi connectivity index (χ3n) is 4.40. The zero-order chi connectivity index (χ0) is 18.8. The van der Waals surface area contributed by atoms with Gasteiger partial charge in [-0.25, -0.2) is 14.1 Å². The summed E-state index contributed by atoms with van der Waals surface area (Å²) in [6, 6.07) is 8.90. The molecule has 1 aromatic carbocycles. The molecule has 0 unspecified atom stereocenters. The molecule has 3 aromatic rings. The lowest BCUT2D eigenvalue weighted by Crippen LogP contribution is -2.29. The Balaban J connectivity index is 1.52. The number of aryl methyl sites for hydroxylation is 2. The van der Waals surface area contributed by atoms with E-state index in [9.17, 15) is 14.0 Å². The number of nitrogens with zero attached hydrogens (tertiary/aromatic N) is 3. The summed E-state index contributed by atoms with van der Waals surface area (Å²) in [5.74, 6) is -0.825. The van der Waals surface area contributed by atoms with E-state index in [0.29, 0.717) is 10.8 Å². The van der Waals surface area contributed by atoms with Gasteiger partial charge in [0.1, 0.15) is 12.4 Å². The van der Waals surface area contributed by atoms with Crippen LogP contribution >= 0.6 is 11.3 Å². The summed E-state index contributed by atoms with van der Waals surface area (Å²) >= 11 is 1.48. The molecular formula is C19H17FN4O2S. The molecule has 8 heteroatoms. The molecule has 0 saturated heterocycles. The third kappa shape index (κ3) is 3.80. The highest BCUT2D eigenvalue weighted by atomic mass is 32.1. The van der Waals surface area contributed by atoms with E-state index < -0.39 is 11.4 Å². The molecule has 1 amide bonds. The third-order valence-corrected chi connectivity index (χ3v) is 5.47. The molecule has 1 aliphatic carbocycles. The quantitative estimate of drug-likeness (QED) is 0.750. The van der Waals surface area contributed by atoms with Gasteiger partial charge < -0.3 is 5.32 Å². The Hall–Kier alpha value is -2.87. The fourth-order valence-electron chi connectivity index (χ4n) is 3.08. The van der Waals surface area contributed by atoms with Crippen molar-refractivity contribution in [3.8, 4) is 11.3 Å². The number of anilines is 1. The van der Waals surface area contributed by atoms with E-state index in [2.05, 4.69) is 15.4 Å². The van der Waals surface area contributed by atoms with Gasteiger partial charge >= 0.3 is 0 Å². The van der Waals surface area contributed by atoms with Crippen molar-refractivity contribution in [1.82, 2.24) is 14.8 Å². The van der Waals surface area contributed by atoms with E-state index in [1.54, 1.807) is 18.2 Å². The van der Waals surface area contributed by atoms with Crippen molar-refractivity contribution in [3.05, 3.63) is 63.1 Å². The lowest BCUT2D eigenvalue weighted by molar-refractivity contribution is -0.117. The molecule has 0 bridgehead atoms. The van der Waals surface area contributed by atoms with E-state index in [1.165, 1.54) is 34.4 Å². The second kappa shape index (κ2) is 7.40. The molecule has 0 atom stereocenters. The van der Waals surface area contributed by atoms with Gasteiger partial charge in [-0.2, -0.15) is 5.10 Å². The van der Waals surface area contributed by atoms with Crippen molar-refractivity contribution in [2.24, 2.45) is 0 Å². The van der Waals surface area contributed by atoms with Gasteiger partial charge in [-0.1, -0.05) is 12.1 Å². The smallest absolute Gasteiger partial charge is 0.267 e. The van der Waals surface area contributed by atoms with Gasteiger partial charge in [-0.3, -0.25) is 9.59 Å². The molecule has 1 N–H and O–H groups in total. The van der Waals surface area contributed by atoms with E-state index in [-0.39, 0.29) is 18.0 Å². The first kappa shape index (κ1) is 17.5. The van der Waals surface area contributed by atoms with Crippen LogP contribution in [0.4, 0.5) is 9.52 Å². The van der Waals surface area contributed by atoms with Gasteiger partial charge in [-0.05, 0) is 43.9 Å². The van der Waals surface area contributed by atoms with Crippen molar-refractivity contribution in [1.29, 1.82) is 0 Å². The summed E-state index contributed by atoms with van der Waals surface area (Å²) in [7, 11) is 0. The van der Waals surface area contributed by atoms with Crippen molar-refractivity contribution in [2.45, 2.75) is 32.2 Å². The molecule has 1 aliphatic rings. The summed E-state index contributed by atoms with van der Waals surface area (Å²) in [5, 5.41) is 7.42. The van der Waals surface area contributed by atoms with Crippen LogP contribution in [0.2, 0.25) is 0 Å². The molecular weight excluding hydrogens is 367 g/mol. The Bertz CT molecular complexity index is 1040. The minimum atomic E-state index is -0.437. The lowest BCUT2D eigenvalue weighted by atomic mass is 10.0. The number of aromatic nitrogens is 3. The number of rotatable bonds is 4. The second-order valence-corrected chi connectivity index (χ2v) is 7.42. The Morgan fingerprint density at radius 3 is 2.81 bits per heavy atom. The SMILES string of the molecule is O=C(Cn1nc(-c2ccccc2F)ccc1=O)Nc1nc2c(s1)CCCC2. The van der Waals surface area contributed by atoms with Crippen LogP contribution in [0.15, 0.2) is 41.2 Å². The van der Waals surface area contributed by atoms with Crippen LogP contribution in [0.3, 0.4) is 0 Å². The van der Waals surface area contributed by atoms with Gasteiger partial charge in [0.05, 0.1) is 11.4 Å². The first-order valence-corrected chi connectivity index (χ1v) is 9.53. The highest BCUT2D eigenvalue weighted by Gasteiger charge is 2.17. The number of halogens is 1. The Morgan fingerprint density at radius 2 is 2.00 bits per heavy atom. The Kier molecular flexibility index (Phi) is 4.81. The molecule has 0 aliphatic heterocycles. The molecule has 27 heavy (non-hydrogen) atoms. The second-order valence-electron chi connectivity index (χ2n) is 6.34. The van der Waals surface area contributed by atoms with Crippen LogP contribution in [0.1, 0.15) is 23.4 Å². The summed E-state index contributed by atoms with van der Waals surface area (Å²) in [5.41, 5.74) is 1.20. The largest absolute Gasteiger partial charge is 0.300 e. The van der Waals surface area contributed by atoms with Gasteiger partial charge in [0.2, 0.25) is 5.91 Å². The zero-order valence-corrected chi connectivity index (χ0v) is 15.3. The summed E-state index contributed by atoms with van der Waals surface area (Å²) in [6.07, 6.45) is 4.19. The van der Waals surface area contributed by atoms with E-state index in [1.807, 2.05) is 0 Å². The van der Waals surface area contributed by atoms with Crippen LogP contribution in [-0.4, -0.2) is 20.7 Å². The Morgan fingerprint density at radius 1 is 1.19 bits per heavy atom. The number of fused-ring (bicyclic) bond motifs is 1. The monoisotopic (exact) mass is 384 g/mol. The van der Waals surface area contributed by atoms with Crippen molar-refractivity contribution >= 4 is 22.4 Å². The van der Waals surface area contributed by atoms with Gasteiger partial charge in [0, 0.05) is 16.5 Å². The maximum atomic E-state index is 14.0. The zero-order valence-electron chi connectivity index (χ0n) is 14.4. The van der Waals surface area contributed by atoms with E-state index in [0.717, 1.165) is 36.1 Å². The van der Waals surface area contributed by atoms with Crippen molar-refractivity contribution in [3.63, 3.8) is 0 Å². The molecule has 0 fully saturated rings. The minimum absolute atomic E-state index is 0.259. The number of thiazole rings is 1. The first-order valence-electron chi connectivity index (χ1n) is 8.71. The number of hydrogen-bond acceptors (Lipinski definition) is 5. The maximum absolute atomic E-state index is 14.0.